The molecule has 0 bridgehead atoms. The van der Waals surface area contributed by atoms with Gasteiger partial charge in [0, 0.05) is 21.4 Å². The van der Waals surface area contributed by atoms with E-state index in [0.717, 1.165) is 21.4 Å². The van der Waals surface area contributed by atoms with Crippen molar-refractivity contribution in [1.29, 1.82) is 0 Å². The molecule has 2 aromatic carbocycles. The molecule has 6 nitrogen and oxygen atoms in total. The standard InChI is InChI=1S/C18H16BrN5O/c1-11-6-7-15(9-16(11)19)22-18-23-17(10-20-24-18)21-14-5-3-4-13(8-14)12(2)25/h3-10H,1-2H3,(H2,21,22,23,24). The van der Waals surface area contributed by atoms with E-state index in [1.54, 1.807) is 12.1 Å². The fourth-order valence-electron chi connectivity index (χ4n) is 2.18. The molecule has 0 unspecified atom stereocenters. The molecular formula is C18H16BrN5O. The zero-order valence-corrected chi connectivity index (χ0v) is 15.3. The van der Waals surface area contributed by atoms with Crippen LogP contribution < -0.4 is 10.6 Å². The Morgan fingerprint density at radius 2 is 1.88 bits per heavy atom. The lowest BCUT2D eigenvalue weighted by Crippen LogP contribution is -2.03. The minimum absolute atomic E-state index is 0.0109. The van der Waals surface area contributed by atoms with Crippen LogP contribution in [0.4, 0.5) is 23.1 Å². The maximum atomic E-state index is 11.5. The molecule has 0 radical (unpaired) electrons. The van der Waals surface area contributed by atoms with E-state index in [-0.39, 0.29) is 5.78 Å². The van der Waals surface area contributed by atoms with Crippen LogP contribution in [-0.4, -0.2) is 21.0 Å². The molecule has 7 heteroatoms. The zero-order valence-electron chi connectivity index (χ0n) is 13.7. The maximum Gasteiger partial charge on any atom is 0.249 e. The van der Waals surface area contributed by atoms with Crippen LogP contribution in [0, 0.1) is 6.92 Å². The van der Waals surface area contributed by atoms with Crippen LogP contribution in [0.3, 0.4) is 0 Å². The van der Waals surface area contributed by atoms with Crippen LogP contribution in [0.1, 0.15) is 22.8 Å². The molecule has 2 N–H and O–H groups in total. The Morgan fingerprint density at radius 3 is 2.64 bits per heavy atom. The molecule has 126 valence electrons. The Balaban J connectivity index is 1.78. The van der Waals surface area contributed by atoms with Crippen molar-refractivity contribution in [3.05, 3.63) is 64.3 Å². The summed E-state index contributed by atoms with van der Waals surface area (Å²) in [6.07, 6.45) is 1.52. The van der Waals surface area contributed by atoms with E-state index in [1.807, 2.05) is 37.3 Å². The van der Waals surface area contributed by atoms with E-state index in [2.05, 4.69) is 41.7 Å². The predicted octanol–water partition coefficient (Wildman–Crippen LogP) is 4.63. The molecule has 0 saturated heterocycles. The molecular weight excluding hydrogens is 382 g/mol. The largest absolute Gasteiger partial charge is 0.339 e. The van der Waals surface area contributed by atoms with Crippen molar-refractivity contribution < 1.29 is 4.79 Å². The van der Waals surface area contributed by atoms with Gasteiger partial charge in [-0.1, -0.05) is 34.1 Å². The van der Waals surface area contributed by atoms with Crippen LogP contribution in [-0.2, 0) is 0 Å². The Bertz CT molecular complexity index is 929. The monoisotopic (exact) mass is 397 g/mol. The zero-order chi connectivity index (χ0) is 17.8. The highest BCUT2D eigenvalue weighted by molar-refractivity contribution is 9.10. The second kappa shape index (κ2) is 7.40. The van der Waals surface area contributed by atoms with Gasteiger partial charge in [0.25, 0.3) is 0 Å². The van der Waals surface area contributed by atoms with Gasteiger partial charge in [0.05, 0.1) is 6.20 Å². The summed E-state index contributed by atoms with van der Waals surface area (Å²) in [5.41, 5.74) is 3.40. The van der Waals surface area contributed by atoms with Crippen molar-refractivity contribution in [1.82, 2.24) is 15.2 Å². The SMILES string of the molecule is CC(=O)c1cccc(Nc2cnnc(Nc3ccc(C)c(Br)c3)n2)c1. The number of benzene rings is 2. The Hall–Kier alpha value is -2.80. The number of ketones is 1. The van der Waals surface area contributed by atoms with Crippen molar-refractivity contribution in [2.45, 2.75) is 13.8 Å². The number of halogens is 1. The molecule has 1 aromatic heterocycles. The minimum Gasteiger partial charge on any atom is -0.339 e. The van der Waals surface area contributed by atoms with Gasteiger partial charge in [0.15, 0.2) is 11.6 Å². The van der Waals surface area contributed by atoms with Crippen LogP contribution in [0.5, 0.6) is 0 Å². The molecule has 0 aliphatic rings. The minimum atomic E-state index is 0.0109. The summed E-state index contributed by atoms with van der Waals surface area (Å²) in [4.78, 5) is 15.9. The average Bonchev–Trinajstić information content (AvgIpc) is 2.59. The highest BCUT2D eigenvalue weighted by Gasteiger charge is 2.05. The smallest absolute Gasteiger partial charge is 0.249 e. The topological polar surface area (TPSA) is 79.8 Å². The molecule has 1 heterocycles. The van der Waals surface area contributed by atoms with Gasteiger partial charge in [-0.25, -0.2) is 0 Å². The summed E-state index contributed by atoms with van der Waals surface area (Å²) in [5, 5.41) is 14.2. The predicted molar refractivity (Wildman–Crippen MR) is 102 cm³/mol. The number of aromatic nitrogens is 3. The van der Waals surface area contributed by atoms with Gasteiger partial charge in [0.1, 0.15) is 0 Å². The highest BCUT2D eigenvalue weighted by Crippen LogP contribution is 2.23. The van der Waals surface area contributed by atoms with Gasteiger partial charge in [-0.3, -0.25) is 4.79 Å². The Labute approximate surface area is 153 Å². The second-order valence-electron chi connectivity index (χ2n) is 5.52. The van der Waals surface area contributed by atoms with Crippen LogP contribution in [0.2, 0.25) is 0 Å². The summed E-state index contributed by atoms with van der Waals surface area (Å²) < 4.78 is 1.00. The van der Waals surface area contributed by atoms with Crippen molar-refractivity contribution in [2.24, 2.45) is 0 Å². The third-order valence-corrected chi connectivity index (χ3v) is 4.38. The van der Waals surface area contributed by atoms with Crippen LogP contribution in [0.15, 0.2) is 53.1 Å². The molecule has 0 aliphatic heterocycles. The molecule has 3 aromatic rings. The fourth-order valence-corrected chi connectivity index (χ4v) is 2.56. The number of nitrogens with zero attached hydrogens (tertiary/aromatic N) is 3. The summed E-state index contributed by atoms with van der Waals surface area (Å²) in [5.74, 6) is 0.921. The number of nitrogens with one attached hydrogen (secondary N) is 2. The lowest BCUT2D eigenvalue weighted by atomic mass is 10.1. The number of carbonyl (C=O) groups is 1. The number of rotatable bonds is 5. The van der Waals surface area contributed by atoms with E-state index in [9.17, 15) is 4.79 Å². The summed E-state index contributed by atoms with van der Waals surface area (Å²) in [6, 6.07) is 13.1. The normalized spacial score (nSPS) is 10.4. The maximum absolute atomic E-state index is 11.5. The van der Waals surface area contributed by atoms with E-state index in [1.165, 1.54) is 13.1 Å². The molecule has 0 aliphatic carbocycles. The number of hydrogen-bond acceptors (Lipinski definition) is 6. The van der Waals surface area contributed by atoms with Crippen molar-refractivity contribution >= 4 is 44.9 Å². The van der Waals surface area contributed by atoms with Crippen molar-refractivity contribution in [2.75, 3.05) is 10.6 Å². The quantitative estimate of drug-likeness (QED) is 0.610. The third kappa shape index (κ3) is 4.39. The van der Waals surface area contributed by atoms with Crippen molar-refractivity contribution in [3.8, 4) is 0 Å². The highest BCUT2D eigenvalue weighted by atomic mass is 79.9. The average molecular weight is 398 g/mol. The number of anilines is 4. The number of carbonyl (C=O) groups excluding carboxylic acids is 1. The van der Waals surface area contributed by atoms with E-state index >= 15 is 0 Å². The third-order valence-electron chi connectivity index (χ3n) is 3.53. The Morgan fingerprint density at radius 1 is 1.08 bits per heavy atom. The first kappa shape index (κ1) is 17.0. The Kier molecular flexibility index (Phi) is 5.04. The molecule has 0 atom stereocenters. The molecule has 0 fully saturated rings. The summed E-state index contributed by atoms with van der Waals surface area (Å²) >= 11 is 3.50. The molecule has 0 spiro atoms. The van der Waals surface area contributed by atoms with Gasteiger partial charge in [-0.2, -0.15) is 10.1 Å². The van der Waals surface area contributed by atoms with E-state index < -0.39 is 0 Å². The number of aryl methyl sites for hydroxylation is 1. The lowest BCUT2D eigenvalue weighted by Gasteiger charge is -2.09. The number of hydrogen-bond donors (Lipinski definition) is 2. The van der Waals surface area contributed by atoms with Gasteiger partial charge in [-0.15, -0.1) is 5.10 Å². The van der Waals surface area contributed by atoms with Gasteiger partial charge < -0.3 is 10.6 Å². The van der Waals surface area contributed by atoms with E-state index in [4.69, 9.17) is 0 Å². The van der Waals surface area contributed by atoms with Crippen molar-refractivity contribution in [3.63, 3.8) is 0 Å². The van der Waals surface area contributed by atoms with Crippen LogP contribution >= 0.6 is 15.9 Å². The number of Topliss-reactive ketones (excluding diaryl/α,β-unsaturated/α-hetero) is 1. The van der Waals surface area contributed by atoms with E-state index in [0.29, 0.717) is 17.3 Å². The first-order chi connectivity index (χ1) is 12.0. The van der Waals surface area contributed by atoms with Gasteiger partial charge in [0.2, 0.25) is 5.95 Å². The molecule has 25 heavy (non-hydrogen) atoms. The fraction of sp³-hybridized carbons (Fsp3) is 0.111. The second-order valence-corrected chi connectivity index (χ2v) is 6.37. The first-order valence-electron chi connectivity index (χ1n) is 7.62. The van der Waals surface area contributed by atoms with Gasteiger partial charge >= 0.3 is 0 Å². The molecule has 3 rings (SSSR count). The van der Waals surface area contributed by atoms with Crippen LogP contribution in [0.25, 0.3) is 0 Å². The summed E-state index contributed by atoms with van der Waals surface area (Å²) in [7, 11) is 0. The molecule has 0 amide bonds. The first-order valence-corrected chi connectivity index (χ1v) is 8.41. The lowest BCUT2D eigenvalue weighted by molar-refractivity contribution is 0.101. The van der Waals surface area contributed by atoms with Gasteiger partial charge in [-0.05, 0) is 43.7 Å². The summed E-state index contributed by atoms with van der Waals surface area (Å²) in [6.45, 7) is 3.55. The molecule has 0 saturated carbocycles.